The van der Waals surface area contributed by atoms with E-state index in [0.717, 1.165) is 40.1 Å². The molecule has 1 heterocycles. The molecule has 0 radical (unpaired) electrons. The number of allylic oxidation sites excluding steroid dienone is 1. The molecule has 0 atom stereocenters. The molecule has 0 spiro atoms. The molecule has 1 aliphatic rings. The second-order valence-corrected chi connectivity index (χ2v) is 7.98. The maximum Gasteiger partial charge on any atom is 0.150 e. The van der Waals surface area contributed by atoms with E-state index in [0.29, 0.717) is 11.4 Å². The van der Waals surface area contributed by atoms with Crippen LogP contribution in [0, 0.1) is 5.82 Å². The molecule has 3 rings (SSSR count). The van der Waals surface area contributed by atoms with Gasteiger partial charge in [0.15, 0.2) is 5.82 Å². The van der Waals surface area contributed by atoms with Crippen LogP contribution in [0.1, 0.15) is 29.2 Å². The van der Waals surface area contributed by atoms with E-state index in [1.807, 2.05) is 26.1 Å². The van der Waals surface area contributed by atoms with E-state index in [-0.39, 0.29) is 5.82 Å². The van der Waals surface area contributed by atoms with Gasteiger partial charge in [0, 0.05) is 67.8 Å². The zero-order valence-corrected chi connectivity index (χ0v) is 18.5. The topological polar surface area (TPSA) is 62.9 Å². The number of benzene rings is 2. The Hall–Kier alpha value is -2.93. The Labute approximate surface area is 181 Å². The van der Waals surface area contributed by atoms with Crippen molar-refractivity contribution in [3.63, 3.8) is 0 Å². The van der Waals surface area contributed by atoms with Crippen LogP contribution in [0.5, 0.6) is 5.75 Å². The Morgan fingerprint density at radius 1 is 1.33 bits per heavy atom. The number of nitrogens with one attached hydrogen (secondary N) is 1. The van der Waals surface area contributed by atoms with Gasteiger partial charge in [0.25, 0.3) is 0 Å². The normalized spacial score (nSPS) is 14.0. The molecule has 2 aromatic carbocycles. The summed E-state index contributed by atoms with van der Waals surface area (Å²) in [5.41, 5.74) is 12.1. The Balaban J connectivity index is 2.17. The fourth-order valence-electron chi connectivity index (χ4n) is 3.48. The fourth-order valence-corrected chi connectivity index (χ4v) is 3.94. The summed E-state index contributed by atoms with van der Waals surface area (Å²) in [6.07, 6.45) is 5.36. The predicted molar refractivity (Wildman–Crippen MR) is 126 cm³/mol. The summed E-state index contributed by atoms with van der Waals surface area (Å²) in [4.78, 5) is 6.21. The van der Waals surface area contributed by atoms with Crippen LogP contribution in [-0.2, 0) is 6.54 Å². The molecule has 0 aromatic heterocycles. The van der Waals surface area contributed by atoms with Crippen LogP contribution in [0.25, 0.3) is 11.1 Å². The number of nitrogens with zero attached hydrogens (tertiary/aromatic N) is 2. The van der Waals surface area contributed by atoms with Gasteiger partial charge in [0.2, 0.25) is 0 Å². The van der Waals surface area contributed by atoms with Crippen molar-refractivity contribution >= 4 is 35.0 Å². The maximum atomic E-state index is 14.6. The third-order valence-corrected chi connectivity index (χ3v) is 5.51. The van der Waals surface area contributed by atoms with Crippen molar-refractivity contribution in [1.82, 2.24) is 4.90 Å². The van der Waals surface area contributed by atoms with Crippen LogP contribution in [0.15, 0.2) is 47.7 Å². The minimum Gasteiger partial charge on any atom is -0.496 e. The molecule has 0 unspecified atom stereocenters. The fraction of sp³-hybridized carbons (Fsp3) is 0.261. The molecular formula is C23H27FN4OS. The molecule has 0 saturated carbocycles. The molecule has 5 nitrogen and oxygen atoms in total. The van der Waals surface area contributed by atoms with Gasteiger partial charge in [-0.1, -0.05) is 31.0 Å². The summed E-state index contributed by atoms with van der Waals surface area (Å²) < 4.78 is 23.2. The van der Waals surface area contributed by atoms with Gasteiger partial charge in [-0.05, 0) is 28.8 Å². The number of fused-ring (bicyclic) bond motifs is 1. The van der Waals surface area contributed by atoms with E-state index in [4.69, 9.17) is 10.5 Å². The molecule has 0 amide bonds. The number of halogens is 1. The lowest BCUT2D eigenvalue weighted by atomic mass is 9.88. The van der Waals surface area contributed by atoms with Crippen LogP contribution in [0.4, 0.5) is 10.1 Å². The number of anilines is 1. The van der Waals surface area contributed by atoms with E-state index in [1.165, 1.54) is 23.6 Å². The smallest absolute Gasteiger partial charge is 0.150 e. The van der Waals surface area contributed by atoms with E-state index < -0.39 is 0 Å². The van der Waals surface area contributed by atoms with Gasteiger partial charge in [0.1, 0.15) is 5.75 Å². The average Bonchev–Trinajstić information content (AvgIpc) is 2.75. The number of hydrogen-bond acceptors (Lipinski definition) is 6. The molecule has 2 aromatic rings. The van der Waals surface area contributed by atoms with Gasteiger partial charge in [0.05, 0.1) is 12.8 Å². The molecule has 0 aliphatic carbocycles. The molecule has 30 heavy (non-hydrogen) atoms. The molecule has 0 bridgehead atoms. The first-order valence-electron chi connectivity index (χ1n) is 9.67. The highest BCUT2D eigenvalue weighted by atomic mass is 32.2. The van der Waals surface area contributed by atoms with Crippen molar-refractivity contribution in [2.75, 3.05) is 31.7 Å². The van der Waals surface area contributed by atoms with E-state index in [9.17, 15) is 4.39 Å². The third kappa shape index (κ3) is 4.46. The minimum absolute atomic E-state index is 0.345. The standard InChI is InChI=1S/C23H27FN4OS/c1-5-30-27-22-9-19(23(29-4)10-21(22)24)20-14-28(3)13-16-7-6-15(8-18(16)20)17(11-25)12-26-2/h6-12,14,27H,5,13,25H2,1-4H3. The van der Waals surface area contributed by atoms with Crippen molar-refractivity contribution in [3.05, 3.63) is 70.8 Å². The van der Waals surface area contributed by atoms with Crippen molar-refractivity contribution in [1.29, 1.82) is 0 Å². The first-order chi connectivity index (χ1) is 14.5. The average molecular weight is 427 g/mol. The van der Waals surface area contributed by atoms with Crippen molar-refractivity contribution < 1.29 is 9.13 Å². The lowest BCUT2D eigenvalue weighted by Gasteiger charge is -2.27. The maximum absolute atomic E-state index is 14.6. The van der Waals surface area contributed by atoms with Gasteiger partial charge in [-0.25, -0.2) is 4.39 Å². The number of ether oxygens (including phenoxy) is 1. The number of nitrogens with two attached hydrogens (primary N) is 1. The van der Waals surface area contributed by atoms with Crippen LogP contribution in [0.3, 0.4) is 0 Å². The molecule has 7 heteroatoms. The molecule has 3 N–H and O–H groups in total. The molecule has 0 saturated heterocycles. The lowest BCUT2D eigenvalue weighted by molar-refractivity contribution is 0.409. The quantitative estimate of drug-likeness (QED) is 0.494. The lowest BCUT2D eigenvalue weighted by Crippen LogP contribution is -2.18. The van der Waals surface area contributed by atoms with Crippen molar-refractivity contribution in [2.24, 2.45) is 10.7 Å². The third-order valence-electron chi connectivity index (χ3n) is 4.86. The van der Waals surface area contributed by atoms with Gasteiger partial charge in [-0.2, -0.15) is 0 Å². The number of aliphatic imine (C=N–C) groups is 1. The van der Waals surface area contributed by atoms with Crippen molar-refractivity contribution in [3.8, 4) is 5.75 Å². The summed E-state index contributed by atoms with van der Waals surface area (Å²) in [6.45, 7) is 2.79. The van der Waals surface area contributed by atoms with Crippen molar-refractivity contribution in [2.45, 2.75) is 13.5 Å². The van der Waals surface area contributed by atoms with Crippen LogP contribution in [0.2, 0.25) is 0 Å². The molecule has 158 valence electrons. The van der Waals surface area contributed by atoms with E-state index in [2.05, 4.69) is 32.9 Å². The molecule has 0 fully saturated rings. The Morgan fingerprint density at radius 3 is 2.80 bits per heavy atom. The van der Waals surface area contributed by atoms with Crippen LogP contribution in [-0.4, -0.2) is 38.1 Å². The SMILES string of the molecule is CCSNc1cc(C2=CN(C)Cc3ccc(C(C=NC)=CN)cc32)c(OC)cc1F. The Morgan fingerprint density at radius 2 is 2.13 bits per heavy atom. The number of rotatable bonds is 7. The van der Waals surface area contributed by atoms with Gasteiger partial charge in [-0.3, -0.25) is 4.99 Å². The summed E-state index contributed by atoms with van der Waals surface area (Å²) in [6, 6.07) is 9.49. The second-order valence-electron chi connectivity index (χ2n) is 6.91. The number of methoxy groups -OCH3 is 1. The summed E-state index contributed by atoms with van der Waals surface area (Å²) in [5.74, 6) is 0.968. The van der Waals surface area contributed by atoms with Gasteiger partial charge < -0.3 is 20.1 Å². The second kappa shape index (κ2) is 9.71. The summed E-state index contributed by atoms with van der Waals surface area (Å²) >= 11 is 1.45. The first-order valence-corrected chi connectivity index (χ1v) is 10.7. The molecular weight excluding hydrogens is 399 g/mol. The zero-order chi connectivity index (χ0) is 21.7. The highest BCUT2D eigenvalue weighted by Crippen LogP contribution is 2.39. The van der Waals surface area contributed by atoms with Crippen LogP contribution >= 0.6 is 11.9 Å². The summed E-state index contributed by atoms with van der Waals surface area (Å²) in [5, 5.41) is 0. The largest absolute Gasteiger partial charge is 0.496 e. The van der Waals surface area contributed by atoms with Gasteiger partial charge >= 0.3 is 0 Å². The minimum atomic E-state index is -0.345. The predicted octanol–water partition coefficient (Wildman–Crippen LogP) is 4.75. The highest BCUT2D eigenvalue weighted by Gasteiger charge is 2.22. The summed E-state index contributed by atoms with van der Waals surface area (Å²) in [7, 11) is 5.30. The van der Waals surface area contributed by atoms with E-state index >= 15 is 0 Å². The van der Waals surface area contributed by atoms with Gasteiger partial charge in [-0.15, -0.1) is 0 Å². The Bertz CT molecular complexity index is 1020. The monoisotopic (exact) mass is 426 g/mol. The van der Waals surface area contributed by atoms with E-state index in [1.54, 1.807) is 26.6 Å². The molecule has 1 aliphatic heterocycles. The highest BCUT2D eigenvalue weighted by molar-refractivity contribution is 8.00. The Kier molecular flexibility index (Phi) is 7.05. The first kappa shape index (κ1) is 21.8. The van der Waals surface area contributed by atoms with Crippen LogP contribution < -0.4 is 15.2 Å². The zero-order valence-electron chi connectivity index (χ0n) is 17.7. The number of hydrogen-bond donors (Lipinski definition) is 2.